The highest BCUT2D eigenvalue weighted by molar-refractivity contribution is 5.75. The molecule has 1 heterocycles. The normalized spacial score (nSPS) is 18.5. The van der Waals surface area contributed by atoms with Gasteiger partial charge in [0.05, 0.1) is 13.2 Å². The molecule has 0 saturated carbocycles. The zero-order chi connectivity index (χ0) is 9.52. The van der Waals surface area contributed by atoms with E-state index in [9.17, 15) is 4.79 Å². The summed E-state index contributed by atoms with van der Waals surface area (Å²) in [4.78, 5) is 13.2. The standard InChI is InChI=1S/C9H18N2O2.H2/c1-2-9(12)10-3-4-11-5-7-13-8-6-11;/h2-8H2,1H3,(H,10,12);1H. The van der Waals surface area contributed by atoms with E-state index in [-0.39, 0.29) is 7.33 Å². The summed E-state index contributed by atoms with van der Waals surface area (Å²) in [5.74, 6) is 0.133. The zero-order valence-corrected chi connectivity index (χ0v) is 8.21. The summed E-state index contributed by atoms with van der Waals surface area (Å²) in [6, 6.07) is 0. The van der Waals surface area contributed by atoms with Crippen molar-refractivity contribution in [3.8, 4) is 0 Å². The highest BCUT2D eigenvalue weighted by Gasteiger charge is 2.09. The number of nitrogens with zero attached hydrogens (tertiary/aromatic N) is 1. The second-order valence-electron chi connectivity index (χ2n) is 3.16. The maximum atomic E-state index is 10.9. The Morgan fingerprint density at radius 2 is 2.23 bits per heavy atom. The quantitative estimate of drug-likeness (QED) is 0.680. The Morgan fingerprint density at radius 1 is 1.54 bits per heavy atom. The molecule has 0 atom stereocenters. The molecule has 0 aromatic rings. The summed E-state index contributed by atoms with van der Waals surface area (Å²) in [6.07, 6.45) is 0.573. The Kier molecular flexibility index (Phi) is 4.78. The molecule has 0 aromatic heterocycles. The van der Waals surface area contributed by atoms with Gasteiger partial charge < -0.3 is 10.1 Å². The minimum atomic E-state index is 0. The van der Waals surface area contributed by atoms with Gasteiger partial charge in [-0.2, -0.15) is 0 Å². The molecule has 78 valence electrons. The number of carbonyl (C=O) groups excluding carboxylic acids is 1. The average molecular weight is 188 g/mol. The van der Waals surface area contributed by atoms with Gasteiger partial charge in [0.15, 0.2) is 0 Å². The third-order valence-electron chi connectivity index (χ3n) is 2.18. The van der Waals surface area contributed by atoms with Gasteiger partial charge in [-0.1, -0.05) is 6.92 Å². The van der Waals surface area contributed by atoms with E-state index in [2.05, 4.69) is 10.2 Å². The molecule has 1 saturated heterocycles. The van der Waals surface area contributed by atoms with E-state index in [0.717, 1.165) is 39.4 Å². The van der Waals surface area contributed by atoms with Crippen LogP contribution in [0, 0.1) is 0 Å². The van der Waals surface area contributed by atoms with Crippen LogP contribution in [-0.4, -0.2) is 50.2 Å². The van der Waals surface area contributed by atoms with Gasteiger partial charge in [0, 0.05) is 34.0 Å². The smallest absolute Gasteiger partial charge is 0.219 e. The first kappa shape index (κ1) is 10.5. The van der Waals surface area contributed by atoms with Crippen molar-refractivity contribution in [1.29, 1.82) is 0 Å². The summed E-state index contributed by atoms with van der Waals surface area (Å²) in [5, 5.41) is 2.86. The lowest BCUT2D eigenvalue weighted by atomic mass is 10.4. The van der Waals surface area contributed by atoms with Crippen LogP contribution in [0.2, 0.25) is 0 Å². The van der Waals surface area contributed by atoms with Crippen LogP contribution in [0.4, 0.5) is 0 Å². The van der Waals surface area contributed by atoms with E-state index in [1.807, 2.05) is 6.92 Å². The van der Waals surface area contributed by atoms with Gasteiger partial charge in [-0.25, -0.2) is 0 Å². The lowest BCUT2D eigenvalue weighted by Crippen LogP contribution is -2.41. The minimum absolute atomic E-state index is 0. The van der Waals surface area contributed by atoms with Crippen LogP contribution in [0.3, 0.4) is 0 Å². The maximum Gasteiger partial charge on any atom is 0.219 e. The molecular weight excluding hydrogens is 168 g/mol. The highest BCUT2D eigenvalue weighted by atomic mass is 16.5. The molecule has 1 N–H and O–H groups in total. The van der Waals surface area contributed by atoms with Crippen molar-refractivity contribution < 1.29 is 11.0 Å². The lowest BCUT2D eigenvalue weighted by molar-refractivity contribution is -0.120. The number of rotatable bonds is 4. The molecule has 1 aliphatic heterocycles. The van der Waals surface area contributed by atoms with Crippen LogP contribution in [-0.2, 0) is 9.53 Å². The van der Waals surface area contributed by atoms with Crippen molar-refractivity contribution in [3.63, 3.8) is 0 Å². The summed E-state index contributed by atoms with van der Waals surface area (Å²) in [5.41, 5.74) is 0. The van der Waals surface area contributed by atoms with Gasteiger partial charge in [-0.05, 0) is 0 Å². The third-order valence-corrected chi connectivity index (χ3v) is 2.18. The first-order valence-electron chi connectivity index (χ1n) is 4.89. The van der Waals surface area contributed by atoms with Gasteiger partial charge in [0.2, 0.25) is 5.91 Å². The monoisotopic (exact) mass is 188 g/mol. The molecule has 1 amide bonds. The SMILES string of the molecule is CCC(=O)NCCN1CCOCC1.[HH]. The second kappa shape index (κ2) is 5.94. The molecule has 0 unspecified atom stereocenters. The maximum absolute atomic E-state index is 10.9. The summed E-state index contributed by atoms with van der Waals surface area (Å²) in [7, 11) is 0. The number of ether oxygens (including phenoxy) is 1. The van der Waals surface area contributed by atoms with Gasteiger partial charge in [-0.3, -0.25) is 9.69 Å². The van der Waals surface area contributed by atoms with E-state index in [1.165, 1.54) is 0 Å². The Hall–Kier alpha value is -0.610. The molecule has 4 nitrogen and oxygen atoms in total. The zero-order valence-electron chi connectivity index (χ0n) is 8.21. The van der Waals surface area contributed by atoms with Crippen LogP contribution in [0.1, 0.15) is 14.8 Å². The third kappa shape index (κ3) is 4.24. The van der Waals surface area contributed by atoms with Crippen molar-refractivity contribution >= 4 is 5.91 Å². The first-order valence-corrected chi connectivity index (χ1v) is 4.89. The fourth-order valence-electron chi connectivity index (χ4n) is 1.30. The Morgan fingerprint density at radius 3 is 2.85 bits per heavy atom. The topological polar surface area (TPSA) is 41.6 Å². The van der Waals surface area contributed by atoms with E-state index in [4.69, 9.17) is 4.74 Å². The van der Waals surface area contributed by atoms with Crippen molar-refractivity contribution in [2.24, 2.45) is 0 Å². The number of nitrogens with one attached hydrogen (secondary N) is 1. The largest absolute Gasteiger partial charge is 0.379 e. The molecule has 1 rings (SSSR count). The Balaban J connectivity index is 0.00000169. The second-order valence-corrected chi connectivity index (χ2v) is 3.16. The van der Waals surface area contributed by atoms with Crippen molar-refractivity contribution in [2.75, 3.05) is 39.4 Å². The predicted molar refractivity (Wildman–Crippen MR) is 52.7 cm³/mol. The van der Waals surface area contributed by atoms with Crippen LogP contribution in [0.25, 0.3) is 0 Å². The van der Waals surface area contributed by atoms with Crippen LogP contribution >= 0.6 is 0 Å². The fraction of sp³-hybridized carbons (Fsp3) is 0.889. The summed E-state index contributed by atoms with van der Waals surface area (Å²) < 4.78 is 5.22. The predicted octanol–water partition coefficient (Wildman–Crippen LogP) is 0.0908. The molecular formula is C9H20N2O2. The number of hydrogen-bond donors (Lipinski definition) is 1. The first-order chi connectivity index (χ1) is 6.33. The van der Waals surface area contributed by atoms with Crippen molar-refractivity contribution in [1.82, 2.24) is 10.2 Å². The fourth-order valence-corrected chi connectivity index (χ4v) is 1.30. The number of hydrogen-bond acceptors (Lipinski definition) is 3. The Labute approximate surface area is 80.7 Å². The van der Waals surface area contributed by atoms with Crippen LogP contribution in [0.5, 0.6) is 0 Å². The van der Waals surface area contributed by atoms with Gasteiger partial charge in [0.25, 0.3) is 0 Å². The lowest BCUT2D eigenvalue weighted by Gasteiger charge is -2.26. The average Bonchev–Trinajstić information content (AvgIpc) is 2.19. The van der Waals surface area contributed by atoms with Gasteiger partial charge in [0.1, 0.15) is 0 Å². The summed E-state index contributed by atoms with van der Waals surface area (Å²) >= 11 is 0. The number of amides is 1. The molecule has 4 heteroatoms. The molecule has 1 fully saturated rings. The van der Waals surface area contributed by atoms with Gasteiger partial charge >= 0.3 is 0 Å². The van der Waals surface area contributed by atoms with E-state index in [0.29, 0.717) is 6.42 Å². The van der Waals surface area contributed by atoms with Gasteiger partial charge in [-0.15, -0.1) is 0 Å². The summed E-state index contributed by atoms with van der Waals surface area (Å²) in [6.45, 7) is 7.18. The molecule has 0 bridgehead atoms. The van der Waals surface area contributed by atoms with Crippen molar-refractivity contribution in [2.45, 2.75) is 13.3 Å². The molecule has 0 spiro atoms. The molecule has 0 radical (unpaired) electrons. The van der Waals surface area contributed by atoms with Crippen molar-refractivity contribution in [3.05, 3.63) is 0 Å². The molecule has 0 aliphatic carbocycles. The molecule has 0 aromatic carbocycles. The van der Waals surface area contributed by atoms with Crippen LogP contribution < -0.4 is 5.32 Å². The van der Waals surface area contributed by atoms with E-state index < -0.39 is 0 Å². The molecule has 13 heavy (non-hydrogen) atoms. The minimum Gasteiger partial charge on any atom is -0.379 e. The highest BCUT2D eigenvalue weighted by Crippen LogP contribution is 1.94. The number of carbonyl (C=O) groups is 1. The number of morpholine rings is 1. The van der Waals surface area contributed by atoms with Crippen LogP contribution in [0.15, 0.2) is 0 Å². The molecule has 1 aliphatic rings. The van der Waals surface area contributed by atoms with E-state index >= 15 is 0 Å². The van der Waals surface area contributed by atoms with E-state index in [1.54, 1.807) is 0 Å². The Bertz CT molecular complexity index is 161.